The van der Waals surface area contributed by atoms with E-state index in [4.69, 9.17) is 5.73 Å². The predicted octanol–water partition coefficient (Wildman–Crippen LogP) is 1.53. The van der Waals surface area contributed by atoms with E-state index in [0.717, 1.165) is 6.42 Å². The molecule has 4 heteroatoms. The van der Waals surface area contributed by atoms with E-state index in [0.29, 0.717) is 6.54 Å². The maximum absolute atomic E-state index is 11.9. The Kier molecular flexibility index (Phi) is 3.55. The molecule has 1 fully saturated rings. The minimum absolute atomic E-state index is 0.0445. The Morgan fingerprint density at radius 2 is 1.88 bits per heavy atom. The Morgan fingerprint density at radius 3 is 2.24 bits per heavy atom. The number of likely N-dealkylation sites (tertiary alicyclic amines) is 1. The maximum atomic E-state index is 11.9. The Morgan fingerprint density at radius 1 is 1.35 bits per heavy atom. The summed E-state index contributed by atoms with van der Waals surface area (Å²) in [4.78, 5) is 24.9. The number of amides is 2. The SMILES string of the molecule is CC(C)(C)CC(C)(C)N1C[C@H](C(N)=O)CC1=O. The molecule has 0 saturated carbocycles. The largest absolute Gasteiger partial charge is 0.369 e. The summed E-state index contributed by atoms with van der Waals surface area (Å²) in [5.74, 6) is -0.641. The molecule has 0 aliphatic carbocycles. The molecule has 1 saturated heterocycles. The van der Waals surface area contributed by atoms with Crippen molar-refractivity contribution in [3.63, 3.8) is 0 Å². The first-order valence-electron chi connectivity index (χ1n) is 6.13. The predicted molar refractivity (Wildman–Crippen MR) is 67.2 cm³/mol. The highest BCUT2D eigenvalue weighted by atomic mass is 16.2. The van der Waals surface area contributed by atoms with Crippen LogP contribution in [0.1, 0.15) is 47.5 Å². The number of carbonyl (C=O) groups excluding carboxylic acids is 2. The maximum Gasteiger partial charge on any atom is 0.223 e. The second-order valence-electron chi connectivity index (χ2n) is 6.86. The van der Waals surface area contributed by atoms with Gasteiger partial charge in [0.1, 0.15) is 0 Å². The van der Waals surface area contributed by atoms with Gasteiger partial charge in [0, 0.05) is 18.5 Å². The average molecular weight is 240 g/mol. The number of hydrogen-bond donors (Lipinski definition) is 1. The molecule has 0 radical (unpaired) electrons. The monoisotopic (exact) mass is 240 g/mol. The normalized spacial score (nSPS) is 22.1. The first-order valence-corrected chi connectivity index (χ1v) is 6.13. The van der Waals surface area contributed by atoms with Gasteiger partial charge in [-0.05, 0) is 25.7 Å². The van der Waals surface area contributed by atoms with Gasteiger partial charge in [0.2, 0.25) is 11.8 Å². The van der Waals surface area contributed by atoms with Crippen LogP contribution >= 0.6 is 0 Å². The van der Waals surface area contributed by atoms with E-state index in [1.54, 1.807) is 0 Å². The number of hydrogen-bond acceptors (Lipinski definition) is 2. The molecule has 0 bridgehead atoms. The van der Waals surface area contributed by atoms with Crippen LogP contribution in [0.5, 0.6) is 0 Å². The summed E-state index contributed by atoms with van der Waals surface area (Å²) in [6.07, 6.45) is 1.17. The summed E-state index contributed by atoms with van der Waals surface area (Å²) in [6.45, 7) is 11.0. The van der Waals surface area contributed by atoms with Crippen molar-refractivity contribution in [2.24, 2.45) is 17.1 Å². The highest BCUT2D eigenvalue weighted by Gasteiger charge is 2.42. The van der Waals surface area contributed by atoms with E-state index in [1.165, 1.54) is 0 Å². The van der Waals surface area contributed by atoms with Crippen LogP contribution in [0.2, 0.25) is 0 Å². The number of primary amides is 1. The lowest BCUT2D eigenvalue weighted by atomic mass is 9.81. The minimum atomic E-state index is -0.368. The van der Waals surface area contributed by atoms with Crippen molar-refractivity contribution in [2.45, 2.75) is 53.0 Å². The third kappa shape index (κ3) is 3.45. The van der Waals surface area contributed by atoms with Crippen LogP contribution < -0.4 is 5.73 Å². The van der Waals surface area contributed by atoms with Crippen molar-refractivity contribution < 1.29 is 9.59 Å². The topological polar surface area (TPSA) is 63.4 Å². The third-order valence-corrected chi connectivity index (χ3v) is 3.22. The number of rotatable bonds is 3. The molecule has 98 valence electrons. The van der Waals surface area contributed by atoms with E-state index in [9.17, 15) is 9.59 Å². The Balaban J connectivity index is 2.79. The lowest BCUT2D eigenvalue weighted by Gasteiger charge is -2.40. The van der Waals surface area contributed by atoms with Crippen molar-refractivity contribution >= 4 is 11.8 Å². The van der Waals surface area contributed by atoms with Gasteiger partial charge in [0.25, 0.3) is 0 Å². The van der Waals surface area contributed by atoms with Crippen LogP contribution in [0.15, 0.2) is 0 Å². The van der Waals surface area contributed by atoms with E-state index >= 15 is 0 Å². The molecule has 1 aliphatic heterocycles. The fourth-order valence-corrected chi connectivity index (χ4v) is 2.88. The van der Waals surface area contributed by atoms with Gasteiger partial charge in [0.15, 0.2) is 0 Å². The molecule has 2 amide bonds. The van der Waals surface area contributed by atoms with Crippen molar-refractivity contribution in [1.29, 1.82) is 0 Å². The van der Waals surface area contributed by atoms with Crippen molar-refractivity contribution in [1.82, 2.24) is 4.90 Å². The highest BCUT2D eigenvalue weighted by Crippen LogP contribution is 2.34. The highest BCUT2D eigenvalue weighted by molar-refractivity contribution is 5.88. The zero-order valence-corrected chi connectivity index (χ0v) is 11.5. The fourth-order valence-electron chi connectivity index (χ4n) is 2.88. The molecular formula is C13H24N2O2. The van der Waals surface area contributed by atoms with Crippen LogP contribution in [-0.2, 0) is 9.59 Å². The molecule has 4 nitrogen and oxygen atoms in total. The van der Waals surface area contributed by atoms with E-state index in [-0.39, 0.29) is 35.1 Å². The van der Waals surface area contributed by atoms with Gasteiger partial charge in [0.05, 0.1) is 5.92 Å². The van der Waals surface area contributed by atoms with Gasteiger partial charge < -0.3 is 10.6 Å². The van der Waals surface area contributed by atoms with Crippen LogP contribution in [0.25, 0.3) is 0 Å². The second kappa shape index (κ2) is 4.31. The Hall–Kier alpha value is -1.06. The summed E-state index contributed by atoms with van der Waals surface area (Å²) in [6, 6.07) is 0. The lowest BCUT2D eigenvalue weighted by molar-refractivity contribution is -0.133. The van der Waals surface area contributed by atoms with Gasteiger partial charge >= 0.3 is 0 Å². The van der Waals surface area contributed by atoms with Crippen molar-refractivity contribution in [2.75, 3.05) is 6.54 Å². The lowest BCUT2D eigenvalue weighted by Crippen LogP contribution is -2.47. The minimum Gasteiger partial charge on any atom is -0.369 e. The number of carbonyl (C=O) groups is 2. The molecule has 1 rings (SSSR count). The molecule has 0 aromatic heterocycles. The molecule has 2 N–H and O–H groups in total. The summed E-state index contributed by atoms with van der Waals surface area (Å²) in [5, 5.41) is 0. The standard InChI is InChI=1S/C13H24N2O2/c1-12(2,3)8-13(4,5)15-7-9(11(14)17)6-10(15)16/h9H,6-8H2,1-5H3,(H2,14,17)/t9-/m1/s1. The molecule has 1 atom stereocenters. The third-order valence-electron chi connectivity index (χ3n) is 3.22. The molecule has 0 unspecified atom stereocenters. The second-order valence-corrected chi connectivity index (χ2v) is 6.86. The smallest absolute Gasteiger partial charge is 0.223 e. The van der Waals surface area contributed by atoms with Gasteiger partial charge in [-0.25, -0.2) is 0 Å². The van der Waals surface area contributed by atoms with E-state index < -0.39 is 0 Å². The van der Waals surface area contributed by atoms with Crippen molar-refractivity contribution in [3.05, 3.63) is 0 Å². The van der Waals surface area contributed by atoms with Gasteiger partial charge in [-0.2, -0.15) is 0 Å². The molecule has 17 heavy (non-hydrogen) atoms. The zero-order valence-electron chi connectivity index (χ0n) is 11.5. The van der Waals surface area contributed by atoms with E-state index in [2.05, 4.69) is 34.6 Å². The zero-order chi connectivity index (χ0) is 13.4. The molecular weight excluding hydrogens is 216 g/mol. The van der Waals surface area contributed by atoms with E-state index in [1.807, 2.05) is 4.90 Å². The van der Waals surface area contributed by atoms with Gasteiger partial charge in [-0.3, -0.25) is 9.59 Å². The van der Waals surface area contributed by atoms with Crippen LogP contribution in [0, 0.1) is 11.3 Å². The Labute approximate surface area is 104 Å². The summed E-state index contributed by atoms with van der Waals surface area (Å²) >= 11 is 0. The van der Waals surface area contributed by atoms with Gasteiger partial charge in [-0.15, -0.1) is 0 Å². The van der Waals surface area contributed by atoms with Gasteiger partial charge in [-0.1, -0.05) is 20.8 Å². The first-order chi connectivity index (χ1) is 7.53. The molecule has 0 aromatic carbocycles. The number of nitrogens with two attached hydrogens (primary N) is 1. The first kappa shape index (κ1) is 14.0. The molecule has 0 spiro atoms. The quantitative estimate of drug-likeness (QED) is 0.813. The summed E-state index contributed by atoms with van der Waals surface area (Å²) in [7, 11) is 0. The Bertz CT molecular complexity index is 329. The fraction of sp³-hybridized carbons (Fsp3) is 0.846. The molecule has 1 aliphatic rings. The summed E-state index contributed by atoms with van der Waals surface area (Å²) in [5.41, 5.74) is 5.20. The van der Waals surface area contributed by atoms with Crippen LogP contribution in [-0.4, -0.2) is 28.8 Å². The number of nitrogens with zero attached hydrogens (tertiary/aromatic N) is 1. The van der Waals surface area contributed by atoms with Crippen LogP contribution in [0.3, 0.4) is 0 Å². The average Bonchev–Trinajstić information content (AvgIpc) is 2.43. The summed E-state index contributed by atoms with van der Waals surface area (Å²) < 4.78 is 0. The van der Waals surface area contributed by atoms with Crippen LogP contribution in [0.4, 0.5) is 0 Å². The molecule has 0 aromatic rings. The van der Waals surface area contributed by atoms with Crippen molar-refractivity contribution in [3.8, 4) is 0 Å². The molecule has 1 heterocycles.